The summed E-state index contributed by atoms with van der Waals surface area (Å²) in [5.74, 6) is -0.00944. The molecule has 17 heavy (non-hydrogen) atoms. The Bertz CT molecular complexity index is 635. The number of rotatable bonds is 2. The molecule has 0 aliphatic carbocycles. The van der Waals surface area contributed by atoms with E-state index >= 15 is 0 Å². The third-order valence-corrected chi connectivity index (χ3v) is 2.89. The highest BCUT2D eigenvalue weighted by Gasteiger charge is 2.09. The van der Waals surface area contributed by atoms with E-state index in [0.29, 0.717) is 11.3 Å². The second-order valence-corrected chi connectivity index (χ2v) is 4.08. The van der Waals surface area contributed by atoms with Crippen molar-refractivity contribution in [1.82, 2.24) is 9.55 Å². The number of benzene rings is 1. The van der Waals surface area contributed by atoms with E-state index in [1.807, 2.05) is 19.9 Å². The molecule has 2 aromatic rings. The van der Waals surface area contributed by atoms with Crippen LogP contribution in [0.1, 0.15) is 28.7 Å². The highest BCUT2D eigenvalue weighted by atomic mass is 16.1. The monoisotopic (exact) mass is 230 g/mol. The number of nitrogens with zero attached hydrogens (tertiary/aromatic N) is 1. The van der Waals surface area contributed by atoms with Gasteiger partial charge in [0.1, 0.15) is 0 Å². The minimum Gasteiger partial charge on any atom is -0.310 e. The number of Topliss-reactive ketones (excluding diaryl/α,β-unsaturated/α-hetero) is 1. The van der Waals surface area contributed by atoms with Gasteiger partial charge in [-0.3, -0.25) is 9.36 Å². The number of nitrogens with one attached hydrogen (secondary N) is 1. The number of imidazole rings is 1. The SMILES string of the molecule is CC(=O)c1cccc(-n2c(C)c(C)[nH]c2=O)c1. The second kappa shape index (κ2) is 4.05. The van der Waals surface area contributed by atoms with Crippen LogP contribution in [0, 0.1) is 13.8 Å². The highest BCUT2D eigenvalue weighted by Crippen LogP contribution is 2.13. The van der Waals surface area contributed by atoms with Crippen molar-refractivity contribution in [2.24, 2.45) is 0 Å². The van der Waals surface area contributed by atoms with Crippen LogP contribution in [-0.4, -0.2) is 15.3 Å². The van der Waals surface area contributed by atoms with Crippen molar-refractivity contribution >= 4 is 5.78 Å². The van der Waals surface area contributed by atoms with Crippen LogP contribution in [0.15, 0.2) is 29.1 Å². The lowest BCUT2D eigenvalue weighted by Crippen LogP contribution is -2.16. The van der Waals surface area contributed by atoms with Gasteiger partial charge in [0.25, 0.3) is 0 Å². The van der Waals surface area contributed by atoms with Gasteiger partial charge in [-0.2, -0.15) is 0 Å². The molecule has 0 atom stereocenters. The molecule has 0 amide bonds. The number of ketones is 1. The van der Waals surface area contributed by atoms with Gasteiger partial charge in [-0.1, -0.05) is 12.1 Å². The molecule has 0 saturated heterocycles. The van der Waals surface area contributed by atoms with E-state index in [4.69, 9.17) is 0 Å². The maximum Gasteiger partial charge on any atom is 0.330 e. The molecule has 1 aromatic heterocycles. The van der Waals surface area contributed by atoms with E-state index in [2.05, 4.69) is 4.98 Å². The Morgan fingerprint density at radius 2 is 2.00 bits per heavy atom. The fraction of sp³-hybridized carbons (Fsp3) is 0.231. The summed E-state index contributed by atoms with van der Waals surface area (Å²) < 4.78 is 1.57. The van der Waals surface area contributed by atoms with E-state index in [0.717, 1.165) is 11.4 Å². The first kappa shape index (κ1) is 11.4. The van der Waals surface area contributed by atoms with Gasteiger partial charge in [-0.05, 0) is 32.9 Å². The number of hydrogen-bond donors (Lipinski definition) is 1. The molecule has 1 N–H and O–H groups in total. The quantitative estimate of drug-likeness (QED) is 0.802. The summed E-state index contributed by atoms with van der Waals surface area (Å²) in [5.41, 5.74) is 2.83. The van der Waals surface area contributed by atoms with Crippen molar-refractivity contribution in [2.75, 3.05) is 0 Å². The van der Waals surface area contributed by atoms with Crippen molar-refractivity contribution < 1.29 is 4.79 Å². The fourth-order valence-electron chi connectivity index (χ4n) is 1.80. The molecule has 0 spiro atoms. The zero-order valence-corrected chi connectivity index (χ0v) is 10.1. The smallest absolute Gasteiger partial charge is 0.310 e. The van der Waals surface area contributed by atoms with Gasteiger partial charge in [0.2, 0.25) is 0 Å². The summed E-state index contributed by atoms with van der Waals surface area (Å²) in [6.07, 6.45) is 0. The minimum atomic E-state index is -0.180. The van der Waals surface area contributed by atoms with Crippen molar-refractivity contribution in [2.45, 2.75) is 20.8 Å². The van der Waals surface area contributed by atoms with Crippen molar-refractivity contribution in [3.05, 3.63) is 51.7 Å². The number of aromatic nitrogens is 2. The van der Waals surface area contributed by atoms with E-state index in [-0.39, 0.29) is 11.5 Å². The zero-order chi connectivity index (χ0) is 12.6. The largest absolute Gasteiger partial charge is 0.330 e. The lowest BCUT2D eigenvalue weighted by molar-refractivity contribution is 0.101. The normalized spacial score (nSPS) is 10.5. The average Bonchev–Trinajstić information content (AvgIpc) is 2.53. The Morgan fingerprint density at radius 3 is 2.53 bits per heavy atom. The predicted molar refractivity (Wildman–Crippen MR) is 65.9 cm³/mol. The van der Waals surface area contributed by atoms with Gasteiger partial charge in [0.15, 0.2) is 5.78 Å². The summed E-state index contributed by atoms with van der Waals surface area (Å²) in [6.45, 7) is 5.23. The van der Waals surface area contributed by atoms with Crippen LogP contribution in [0.25, 0.3) is 5.69 Å². The van der Waals surface area contributed by atoms with Crippen LogP contribution in [0.3, 0.4) is 0 Å². The summed E-state index contributed by atoms with van der Waals surface area (Å²) >= 11 is 0. The van der Waals surface area contributed by atoms with Crippen LogP contribution in [-0.2, 0) is 0 Å². The third-order valence-electron chi connectivity index (χ3n) is 2.89. The van der Waals surface area contributed by atoms with Crippen LogP contribution < -0.4 is 5.69 Å². The molecule has 4 nitrogen and oxygen atoms in total. The average molecular weight is 230 g/mol. The lowest BCUT2D eigenvalue weighted by atomic mass is 10.1. The topological polar surface area (TPSA) is 54.9 Å². The Labute approximate surface area is 98.9 Å². The summed E-state index contributed by atoms with van der Waals surface area (Å²) in [7, 11) is 0. The number of H-pyrrole nitrogens is 1. The molecule has 0 fully saturated rings. The first-order valence-electron chi connectivity index (χ1n) is 5.40. The zero-order valence-electron chi connectivity index (χ0n) is 10.1. The van der Waals surface area contributed by atoms with Crippen molar-refractivity contribution in [1.29, 1.82) is 0 Å². The van der Waals surface area contributed by atoms with E-state index in [1.165, 1.54) is 6.92 Å². The Kier molecular flexibility index (Phi) is 2.71. The summed E-state index contributed by atoms with van der Waals surface area (Å²) in [5, 5.41) is 0. The summed E-state index contributed by atoms with van der Waals surface area (Å²) in [4.78, 5) is 25.8. The van der Waals surface area contributed by atoms with Gasteiger partial charge in [-0.25, -0.2) is 4.79 Å². The molecule has 0 saturated carbocycles. The molecular weight excluding hydrogens is 216 g/mol. The standard InChI is InChI=1S/C13H14N2O2/c1-8-9(2)15(13(17)14-8)12-6-4-5-11(7-12)10(3)16/h4-7H,1-3H3,(H,14,17). The molecule has 1 heterocycles. The molecule has 0 unspecified atom stereocenters. The van der Waals surface area contributed by atoms with Gasteiger partial charge in [-0.15, -0.1) is 0 Å². The molecule has 0 bridgehead atoms. The van der Waals surface area contributed by atoms with Crippen molar-refractivity contribution in [3.8, 4) is 5.69 Å². The van der Waals surface area contributed by atoms with E-state index in [9.17, 15) is 9.59 Å². The Hall–Kier alpha value is -2.10. The van der Waals surface area contributed by atoms with Crippen LogP contribution in [0.4, 0.5) is 0 Å². The maximum atomic E-state index is 11.8. The summed E-state index contributed by atoms with van der Waals surface area (Å²) in [6, 6.07) is 7.06. The number of carbonyl (C=O) groups is 1. The second-order valence-electron chi connectivity index (χ2n) is 4.08. The van der Waals surface area contributed by atoms with Crippen LogP contribution in [0.2, 0.25) is 0 Å². The molecule has 0 aliphatic heterocycles. The van der Waals surface area contributed by atoms with E-state index in [1.54, 1.807) is 22.8 Å². The molecule has 88 valence electrons. The molecule has 0 radical (unpaired) electrons. The molecule has 2 rings (SSSR count). The van der Waals surface area contributed by atoms with Crippen LogP contribution >= 0.6 is 0 Å². The minimum absolute atomic E-state index is 0.00944. The Balaban J connectivity index is 2.65. The van der Waals surface area contributed by atoms with Gasteiger partial charge < -0.3 is 4.98 Å². The van der Waals surface area contributed by atoms with Crippen molar-refractivity contribution in [3.63, 3.8) is 0 Å². The fourth-order valence-corrected chi connectivity index (χ4v) is 1.80. The Morgan fingerprint density at radius 1 is 1.29 bits per heavy atom. The third kappa shape index (κ3) is 1.93. The molecule has 4 heteroatoms. The first-order chi connectivity index (χ1) is 8.00. The molecule has 1 aromatic carbocycles. The molecular formula is C13H14N2O2. The van der Waals surface area contributed by atoms with Gasteiger partial charge in [0.05, 0.1) is 5.69 Å². The predicted octanol–water partition coefficient (Wildman–Crippen LogP) is 1.99. The van der Waals surface area contributed by atoms with Crippen LogP contribution in [0.5, 0.6) is 0 Å². The number of aryl methyl sites for hydroxylation is 1. The maximum absolute atomic E-state index is 11.8. The molecule has 0 aliphatic rings. The number of carbonyl (C=O) groups excluding carboxylic acids is 1. The number of aromatic amines is 1. The van der Waals surface area contributed by atoms with E-state index < -0.39 is 0 Å². The highest BCUT2D eigenvalue weighted by molar-refractivity contribution is 5.94. The van der Waals surface area contributed by atoms with Gasteiger partial charge in [0, 0.05) is 17.0 Å². The first-order valence-corrected chi connectivity index (χ1v) is 5.40. The van der Waals surface area contributed by atoms with Gasteiger partial charge >= 0.3 is 5.69 Å². The lowest BCUT2D eigenvalue weighted by Gasteiger charge is -2.05. The number of hydrogen-bond acceptors (Lipinski definition) is 2.